The van der Waals surface area contributed by atoms with Gasteiger partial charge in [-0.15, -0.1) is 11.3 Å². The van der Waals surface area contributed by atoms with Gasteiger partial charge in [0, 0.05) is 4.90 Å². The number of rotatable bonds is 3. The van der Waals surface area contributed by atoms with E-state index in [2.05, 4.69) is 11.1 Å². The predicted octanol–water partition coefficient (Wildman–Crippen LogP) is 4.04. The number of benzene rings is 2. The van der Waals surface area contributed by atoms with E-state index >= 15 is 0 Å². The fourth-order valence-electron chi connectivity index (χ4n) is 1.78. The normalized spacial score (nSPS) is 10.8. The van der Waals surface area contributed by atoms with E-state index in [0.717, 1.165) is 14.8 Å². The molecule has 0 aliphatic heterocycles. The van der Waals surface area contributed by atoms with Crippen LogP contribution in [-0.4, -0.2) is 12.1 Å². The van der Waals surface area contributed by atoms with Gasteiger partial charge in [0.05, 0.1) is 23.0 Å². The van der Waals surface area contributed by atoms with Gasteiger partial charge < -0.3 is 10.5 Å². The zero-order valence-corrected chi connectivity index (χ0v) is 11.9. The summed E-state index contributed by atoms with van der Waals surface area (Å²) in [5, 5.41) is 0. The van der Waals surface area contributed by atoms with Crippen LogP contribution in [0.1, 0.15) is 0 Å². The van der Waals surface area contributed by atoms with E-state index in [1.807, 2.05) is 36.4 Å². The molecule has 0 radical (unpaired) electrons. The van der Waals surface area contributed by atoms with Crippen LogP contribution < -0.4 is 10.5 Å². The van der Waals surface area contributed by atoms with Gasteiger partial charge >= 0.3 is 0 Å². The van der Waals surface area contributed by atoms with Crippen molar-refractivity contribution in [3.63, 3.8) is 0 Å². The van der Waals surface area contributed by atoms with Gasteiger partial charge in [-0.25, -0.2) is 4.98 Å². The number of anilines is 1. The van der Waals surface area contributed by atoms with Crippen molar-refractivity contribution in [2.45, 2.75) is 9.24 Å². The first-order chi connectivity index (χ1) is 9.28. The Hall–Kier alpha value is -1.72. The maximum atomic E-state index is 6.07. The maximum absolute atomic E-state index is 6.07. The number of thiazole rings is 1. The lowest BCUT2D eigenvalue weighted by molar-refractivity contribution is 0.416. The van der Waals surface area contributed by atoms with E-state index in [-0.39, 0.29) is 0 Å². The fourth-order valence-corrected chi connectivity index (χ4v) is 3.87. The highest BCUT2D eigenvalue weighted by atomic mass is 32.2. The lowest BCUT2D eigenvalue weighted by atomic mass is 10.3. The molecule has 19 heavy (non-hydrogen) atoms. The average molecular weight is 288 g/mol. The summed E-state index contributed by atoms with van der Waals surface area (Å²) in [5.74, 6) is 0.700. The van der Waals surface area contributed by atoms with Crippen molar-refractivity contribution >= 4 is 39.0 Å². The van der Waals surface area contributed by atoms with Crippen LogP contribution in [0.4, 0.5) is 5.69 Å². The summed E-state index contributed by atoms with van der Waals surface area (Å²) < 4.78 is 7.40. The molecular formula is C14H12N2OS2. The molecule has 0 amide bonds. The summed E-state index contributed by atoms with van der Waals surface area (Å²) in [6.45, 7) is 0. The molecule has 3 nitrogen and oxygen atoms in total. The summed E-state index contributed by atoms with van der Waals surface area (Å²) >= 11 is 3.24. The quantitative estimate of drug-likeness (QED) is 0.739. The molecule has 0 fully saturated rings. The van der Waals surface area contributed by atoms with Gasteiger partial charge in [0.25, 0.3) is 0 Å². The van der Waals surface area contributed by atoms with E-state index in [1.165, 1.54) is 4.70 Å². The maximum Gasteiger partial charge on any atom is 0.155 e. The monoisotopic (exact) mass is 288 g/mol. The van der Waals surface area contributed by atoms with Crippen molar-refractivity contribution < 1.29 is 4.74 Å². The molecule has 3 aromatic rings. The Balaban J connectivity index is 1.96. The molecule has 5 heteroatoms. The number of aromatic nitrogens is 1. The van der Waals surface area contributed by atoms with E-state index in [4.69, 9.17) is 10.5 Å². The molecule has 1 heterocycles. The first-order valence-corrected chi connectivity index (χ1v) is 7.37. The zero-order chi connectivity index (χ0) is 13.2. The summed E-state index contributed by atoms with van der Waals surface area (Å²) in [5.41, 5.74) is 7.75. The fraction of sp³-hybridized carbons (Fsp3) is 0.0714. The van der Waals surface area contributed by atoms with E-state index in [1.54, 1.807) is 30.2 Å². The lowest BCUT2D eigenvalue weighted by Gasteiger charge is -2.07. The highest BCUT2D eigenvalue weighted by molar-refractivity contribution is 8.01. The van der Waals surface area contributed by atoms with E-state index < -0.39 is 0 Å². The second-order valence-corrected chi connectivity index (χ2v) is 6.24. The topological polar surface area (TPSA) is 48.1 Å². The summed E-state index contributed by atoms with van der Waals surface area (Å²) in [4.78, 5) is 5.56. The van der Waals surface area contributed by atoms with Gasteiger partial charge in [-0.3, -0.25) is 0 Å². The minimum atomic E-state index is 0.661. The van der Waals surface area contributed by atoms with Gasteiger partial charge in [-0.05, 0) is 24.3 Å². The molecule has 0 saturated heterocycles. The van der Waals surface area contributed by atoms with Crippen LogP contribution >= 0.6 is 23.1 Å². The first kappa shape index (κ1) is 12.3. The third-order valence-electron chi connectivity index (χ3n) is 2.72. The smallest absolute Gasteiger partial charge is 0.155 e. The molecule has 1 aromatic heterocycles. The second-order valence-electron chi connectivity index (χ2n) is 3.92. The van der Waals surface area contributed by atoms with Crippen LogP contribution in [0.5, 0.6) is 5.75 Å². The largest absolute Gasteiger partial charge is 0.495 e. The Morgan fingerprint density at radius 2 is 2.00 bits per heavy atom. The van der Waals surface area contributed by atoms with Crippen molar-refractivity contribution in [1.29, 1.82) is 0 Å². The minimum absolute atomic E-state index is 0.661. The molecule has 2 aromatic carbocycles. The first-order valence-electron chi connectivity index (χ1n) is 5.74. The number of para-hydroxylation sites is 2. The number of hydrogen-bond donors (Lipinski definition) is 1. The SMILES string of the molecule is COc1cccc(Sc2nc3ccccc3s2)c1N. The molecule has 2 N–H and O–H groups in total. The molecule has 0 unspecified atom stereocenters. The summed E-state index contributed by atoms with van der Waals surface area (Å²) in [7, 11) is 1.62. The van der Waals surface area contributed by atoms with Crippen LogP contribution in [0.2, 0.25) is 0 Å². The number of nitrogens with zero attached hydrogens (tertiary/aromatic N) is 1. The Morgan fingerprint density at radius 3 is 2.79 bits per heavy atom. The predicted molar refractivity (Wildman–Crippen MR) is 81.1 cm³/mol. The highest BCUT2D eigenvalue weighted by Crippen LogP contribution is 2.39. The Kier molecular flexibility index (Phi) is 3.31. The van der Waals surface area contributed by atoms with Crippen molar-refractivity contribution in [2.75, 3.05) is 12.8 Å². The standard InChI is InChI=1S/C14H12N2OS2/c1-17-10-6-4-8-12(13(10)15)19-14-16-9-5-2-3-7-11(9)18-14/h2-8H,15H2,1H3. The zero-order valence-electron chi connectivity index (χ0n) is 10.3. The number of hydrogen-bond acceptors (Lipinski definition) is 5. The van der Waals surface area contributed by atoms with Crippen molar-refractivity contribution in [3.05, 3.63) is 42.5 Å². The number of nitrogens with two attached hydrogens (primary N) is 1. The van der Waals surface area contributed by atoms with Crippen molar-refractivity contribution in [2.24, 2.45) is 0 Å². The van der Waals surface area contributed by atoms with Gasteiger partial charge in [0.15, 0.2) is 4.34 Å². The van der Waals surface area contributed by atoms with Gasteiger partial charge in [0.2, 0.25) is 0 Å². The number of methoxy groups -OCH3 is 1. The van der Waals surface area contributed by atoms with E-state index in [0.29, 0.717) is 11.4 Å². The van der Waals surface area contributed by atoms with Crippen LogP contribution in [0.25, 0.3) is 10.2 Å². The van der Waals surface area contributed by atoms with Crippen LogP contribution in [0.15, 0.2) is 51.7 Å². The van der Waals surface area contributed by atoms with Gasteiger partial charge in [-0.2, -0.15) is 0 Å². The highest BCUT2D eigenvalue weighted by Gasteiger charge is 2.10. The average Bonchev–Trinajstić information content (AvgIpc) is 2.83. The lowest BCUT2D eigenvalue weighted by Crippen LogP contribution is -1.93. The molecule has 0 aliphatic carbocycles. The van der Waals surface area contributed by atoms with E-state index in [9.17, 15) is 0 Å². The number of nitrogen functional groups attached to an aromatic ring is 1. The van der Waals surface area contributed by atoms with Crippen molar-refractivity contribution in [1.82, 2.24) is 4.98 Å². The second kappa shape index (κ2) is 5.11. The molecular weight excluding hydrogens is 276 g/mol. The summed E-state index contributed by atoms with van der Waals surface area (Å²) in [6, 6.07) is 13.9. The summed E-state index contributed by atoms with van der Waals surface area (Å²) in [6.07, 6.45) is 0. The minimum Gasteiger partial charge on any atom is -0.495 e. The molecule has 0 saturated carbocycles. The molecule has 0 spiro atoms. The van der Waals surface area contributed by atoms with Crippen LogP contribution in [0.3, 0.4) is 0 Å². The molecule has 0 atom stereocenters. The Labute approximate surface area is 119 Å². The third-order valence-corrected chi connectivity index (χ3v) is 4.89. The Morgan fingerprint density at radius 1 is 1.16 bits per heavy atom. The van der Waals surface area contributed by atoms with Crippen molar-refractivity contribution in [3.8, 4) is 5.75 Å². The number of ether oxygens (including phenoxy) is 1. The van der Waals surface area contributed by atoms with Gasteiger partial charge in [-0.1, -0.05) is 30.0 Å². The molecule has 3 rings (SSSR count). The number of fused-ring (bicyclic) bond motifs is 1. The molecule has 0 aliphatic rings. The third kappa shape index (κ3) is 2.39. The molecule has 0 bridgehead atoms. The van der Waals surface area contributed by atoms with Crippen LogP contribution in [0, 0.1) is 0 Å². The molecule has 96 valence electrons. The van der Waals surface area contributed by atoms with Crippen LogP contribution in [-0.2, 0) is 0 Å². The van der Waals surface area contributed by atoms with Gasteiger partial charge in [0.1, 0.15) is 5.75 Å². The Bertz CT molecular complexity index is 691.